The van der Waals surface area contributed by atoms with E-state index in [9.17, 15) is 4.79 Å². The molecule has 0 aliphatic carbocycles. The van der Waals surface area contributed by atoms with E-state index in [4.69, 9.17) is 0 Å². The molecule has 2 rings (SSSR count). The highest BCUT2D eigenvalue weighted by molar-refractivity contribution is 5.95. The molecule has 1 aromatic heterocycles. The molecule has 0 aliphatic heterocycles. The zero-order chi connectivity index (χ0) is 11.7. The number of nitrogens with one attached hydrogen (secondary N) is 1. The summed E-state index contributed by atoms with van der Waals surface area (Å²) in [5.41, 5.74) is 1.46. The molecule has 0 fully saturated rings. The molecule has 1 N–H and O–H groups in total. The maximum atomic E-state index is 10.5. The van der Waals surface area contributed by atoms with E-state index in [1.54, 1.807) is 12.3 Å². The first-order chi connectivity index (χ1) is 7.42. The molecule has 0 atom stereocenters. The molecule has 0 amide bonds. The Balaban J connectivity index is 0.000000442. The number of para-hydroxylation sites is 1. The molecule has 3 nitrogen and oxygen atoms in total. The van der Waals surface area contributed by atoms with Crippen molar-refractivity contribution in [3.8, 4) is 0 Å². The summed E-state index contributed by atoms with van der Waals surface area (Å²) in [6, 6.07) is 5.50. The SMILES string of the molecule is CC.CC.O=Cc1cccc2cn[nH]c12. The number of rotatable bonds is 1. The Morgan fingerprint density at radius 3 is 2.47 bits per heavy atom. The third kappa shape index (κ3) is 3.20. The molecule has 0 unspecified atom stereocenters. The van der Waals surface area contributed by atoms with Gasteiger partial charge in [0.25, 0.3) is 0 Å². The smallest absolute Gasteiger partial charge is 0.152 e. The van der Waals surface area contributed by atoms with Gasteiger partial charge < -0.3 is 0 Å². The summed E-state index contributed by atoms with van der Waals surface area (Å²) in [6.45, 7) is 8.00. The highest BCUT2D eigenvalue weighted by atomic mass is 16.1. The largest absolute Gasteiger partial charge is 0.298 e. The lowest BCUT2D eigenvalue weighted by atomic mass is 10.2. The second-order valence-electron chi connectivity index (χ2n) is 2.30. The predicted molar refractivity (Wildman–Crippen MR) is 64.2 cm³/mol. The van der Waals surface area contributed by atoms with Crippen LogP contribution >= 0.6 is 0 Å². The Kier molecular flexibility index (Phi) is 6.89. The van der Waals surface area contributed by atoms with Gasteiger partial charge in [-0.3, -0.25) is 9.89 Å². The predicted octanol–water partition coefficient (Wildman–Crippen LogP) is 3.43. The molecule has 15 heavy (non-hydrogen) atoms. The van der Waals surface area contributed by atoms with Crippen molar-refractivity contribution in [3.05, 3.63) is 30.0 Å². The average molecular weight is 206 g/mol. The topological polar surface area (TPSA) is 45.8 Å². The van der Waals surface area contributed by atoms with Crippen LogP contribution in [0.3, 0.4) is 0 Å². The van der Waals surface area contributed by atoms with Crippen LogP contribution in [-0.4, -0.2) is 16.5 Å². The van der Waals surface area contributed by atoms with E-state index in [1.165, 1.54) is 0 Å². The van der Waals surface area contributed by atoms with E-state index in [1.807, 2.05) is 39.8 Å². The number of hydrogen-bond acceptors (Lipinski definition) is 2. The van der Waals surface area contributed by atoms with Gasteiger partial charge in [0.2, 0.25) is 0 Å². The molecule has 0 bridgehead atoms. The number of aromatic amines is 1. The number of nitrogens with zero attached hydrogens (tertiary/aromatic N) is 1. The highest BCUT2D eigenvalue weighted by Gasteiger charge is 1.98. The fourth-order valence-corrected chi connectivity index (χ4v) is 1.09. The van der Waals surface area contributed by atoms with Crippen LogP contribution in [0.4, 0.5) is 0 Å². The van der Waals surface area contributed by atoms with Crippen molar-refractivity contribution in [2.24, 2.45) is 0 Å². The normalized spacial score (nSPS) is 8.27. The van der Waals surface area contributed by atoms with Gasteiger partial charge in [-0.2, -0.15) is 5.10 Å². The monoisotopic (exact) mass is 206 g/mol. The Bertz CT molecular complexity index is 393. The summed E-state index contributed by atoms with van der Waals surface area (Å²) in [7, 11) is 0. The minimum absolute atomic E-state index is 0.653. The number of fused-ring (bicyclic) bond motifs is 1. The molecule has 1 heterocycles. The number of aldehydes is 1. The van der Waals surface area contributed by atoms with Crippen LogP contribution in [-0.2, 0) is 0 Å². The van der Waals surface area contributed by atoms with Gasteiger partial charge in [-0.15, -0.1) is 0 Å². The molecule has 0 spiro atoms. The van der Waals surface area contributed by atoms with Gasteiger partial charge in [-0.25, -0.2) is 0 Å². The second-order valence-corrected chi connectivity index (χ2v) is 2.30. The fraction of sp³-hybridized carbons (Fsp3) is 0.333. The van der Waals surface area contributed by atoms with Crippen molar-refractivity contribution in [2.75, 3.05) is 0 Å². The lowest BCUT2D eigenvalue weighted by molar-refractivity contribution is 0.112. The molecule has 82 valence electrons. The van der Waals surface area contributed by atoms with Crippen LogP contribution in [0.2, 0.25) is 0 Å². The first-order valence-corrected chi connectivity index (χ1v) is 5.29. The number of hydrogen-bond donors (Lipinski definition) is 1. The van der Waals surface area contributed by atoms with Gasteiger partial charge in [0.05, 0.1) is 11.7 Å². The van der Waals surface area contributed by atoms with Crippen LogP contribution in [0, 0.1) is 0 Å². The Hall–Kier alpha value is -1.64. The van der Waals surface area contributed by atoms with Crippen molar-refractivity contribution in [3.63, 3.8) is 0 Å². The van der Waals surface area contributed by atoms with Gasteiger partial charge in [0.1, 0.15) is 0 Å². The average Bonchev–Trinajstić information content (AvgIpc) is 2.82. The minimum atomic E-state index is 0.653. The molecule has 0 aliphatic rings. The van der Waals surface area contributed by atoms with E-state index in [-0.39, 0.29) is 0 Å². The summed E-state index contributed by atoms with van der Waals surface area (Å²) in [5, 5.41) is 7.55. The van der Waals surface area contributed by atoms with E-state index >= 15 is 0 Å². The van der Waals surface area contributed by atoms with E-state index in [0.717, 1.165) is 17.2 Å². The van der Waals surface area contributed by atoms with Crippen LogP contribution in [0.1, 0.15) is 38.1 Å². The fourth-order valence-electron chi connectivity index (χ4n) is 1.09. The summed E-state index contributed by atoms with van der Waals surface area (Å²) in [5.74, 6) is 0. The van der Waals surface area contributed by atoms with E-state index < -0.39 is 0 Å². The maximum Gasteiger partial charge on any atom is 0.152 e. The molecule has 0 radical (unpaired) electrons. The van der Waals surface area contributed by atoms with Gasteiger partial charge >= 0.3 is 0 Å². The molecule has 2 aromatic rings. The van der Waals surface area contributed by atoms with E-state index in [2.05, 4.69) is 10.2 Å². The molecule has 0 saturated carbocycles. The number of carbonyl (C=O) groups is 1. The number of benzene rings is 1. The van der Waals surface area contributed by atoms with Crippen molar-refractivity contribution < 1.29 is 4.79 Å². The Morgan fingerprint density at radius 2 is 1.87 bits per heavy atom. The van der Waals surface area contributed by atoms with Crippen molar-refractivity contribution >= 4 is 17.2 Å². The van der Waals surface area contributed by atoms with Gasteiger partial charge in [-0.05, 0) is 6.07 Å². The van der Waals surface area contributed by atoms with Gasteiger partial charge in [0.15, 0.2) is 6.29 Å². The van der Waals surface area contributed by atoms with Gasteiger partial charge in [0, 0.05) is 10.9 Å². The summed E-state index contributed by atoms with van der Waals surface area (Å²) >= 11 is 0. The van der Waals surface area contributed by atoms with Crippen LogP contribution in [0.25, 0.3) is 10.9 Å². The van der Waals surface area contributed by atoms with Crippen LogP contribution < -0.4 is 0 Å². The third-order valence-electron chi connectivity index (χ3n) is 1.64. The first kappa shape index (κ1) is 13.4. The summed E-state index contributed by atoms with van der Waals surface area (Å²) < 4.78 is 0. The highest BCUT2D eigenvalue weighted by Crippen LogP contribution is 2.12. The van der Waals surface area contributed by atoms with Crippen molar-refractivity contribution in [1.29, 1.82) is 0 Å². The van der Waals surface area contributed by atoms with Crippen LogP contribution in [0.15, 0.2) is 24.4 Å². The lowest BCUT2D eigenvalue weighted by Gasteiger charge is -1.90. The molecular formula is C12H18N2O. The Labute approximate surface area is 90.5 Å². The number of H-pyrrole nitrogens is 1. The molecule has 3 heteroatoms. The summed E-state index contributed by atoms with van der Waals surface area (Å²) in [4.78, 5) is 10.5. The quantitative estimate of drug-likeness (QED) is 0.726. The van der Waals surface area contributed by atoms with Gasteiger partial charge in [-0.1, -0.05) is 39.8 Å². The maximum absolute atomic E-state index is 10.5. The second kappa shape index (κ2) is 7.74. The first-order valence-electron chi connectivity index (χ1n) is 5.29. The minimum Gasteiger partial charge on any atom is -0.298 e. The van der Waals surface area contributed by atoms with Crippen molar-refractivity contribution in [1.82, 2.24) is 10.2 Å². The summed E-state index contributed by atoms with van der Waals surface area (Å²) in [6.07, 6.45) is 2.52. The molecule has 0 saturated heterocycles. The Morgan fingerprint density at radius 1 is 1.20 bits per heavy atom. The standard InChI is InChI=1S/C8H6N2O.2C2H6/c11-5-7-3-1-2-6-4-9-10-8(6)7;2*1-2/h1-5H,(H,9,10);2*1-2H3. The number of carbonyl (C=O) groups excluding carboxylic acids is 1. The third-order valence-corrected chi connectivity index (χ3v) is 1.64. The zero-order valence-corrected chi connectivity index (χ0v) is 9.74. The number of aromatic nitrogens is 2. The van der Waals surface area contributed by atoms with E-state index in [0.29, 0.717) is 5.56 Å². The zero-order valence-electron chi connectivity index (χ0n) is 9.74. The van der Waals surface area contributed by atoms with Crippen molar-refractivity contribution in [2.45, 2.75) is 27.7 Å². The molecule has 1 aromatic carbocycles. The molecular weight excluding hydrogens is 188 g/mol. The van der Waals surface area contributed by atoms with Crippen LogP contribution in [0.5, 0.6) is 0 Å². The lowest BCUT2D eigenvalue weighted by Crippen LogP contribution is -1.80.